The van der Waals surface area contributed by atoms with Crippen molar-refractivity contribution in [2.75, 3.05) is 12.4 Å². The minimum atomic E-state index is -0.827. The van der Waals surface area contributed by atoms with Crippen molar-refractivity contribution in [2.45, 2.75) is 25.3 Å². The standard InChI is InChI=1S/C13H16N2O4/c1-19-13(18)11-6-9(4-5-14-11)15-10(7-12(16)17)8-2-3-8/h4-6,8,10H,2-3,7H2,1H3,(H,14,15)(H,16,17). The first-order valence-electron chi connectivity index (χ1n) is 6.13. The number of rotatable bonds is 6. The van der Waals surface area contributed by atoms with E-state index in [1.54, 1.807) is 12.1 Å². The molecule has 0 bridgehead atoms. The zero-order valence-corrected chi connectivity index (χ0v) is 10.6. The number of hydrogen-bond donors (Lipinski definition) is 2. The molecule has 0 radical (unpaired) electrons. The molecular weight excluding hydrogens is 248 g/mol. The molecule has 0 spiro atoms. The zero-order chi connectivity index (χ0) is 13.8. The summed E-state index contributed by atoms with van der Waals surface area (Å²) in [4.78, 5) is 26.1. The van der Waals surface area contributed by atoms with E-state index in [2.05, 4.69) is 15.0 Å². The second kappa shape index (κ2) is 5.69. The molecule has 0 aromatic carbocycles. The number of nitrogens with one attached hydrogen (secondary N) is 1. The van der Waals surface area contributed by atoms with Crippen LogP contribution in [0.2, 0.25) is 0 Å². The van der Waals surface area contributed by atoms with Gasteiger partial charge in [-0.25, -0.2) is 9.78 Å². The summed E-state index contributed by atoms with van der Waals surface area (Å²) in [5, 5.41) is 12.1. The molecule has 2 rings (SSSR count). The molecule has 1 saturated carbocycles. The maximum absolute atomic E-state index is 11.4. The van der Waals surface area contributed by atoms with E-state index in [1.807, 2.05) is 0 Å². The molecule has 19 heavy (non-hydrogen) atoms. The van der Waals surface area contributed by atoms with Gasteiger partial charge in [-0.1, -0.05) is 0 Å². The third kappa shape index (κ3) is 3.67. The van der Waals surface area contributed by atoms with E-state index in [0.29, 0.717) is 11.6 Å². The number of esters is 1. The number of carbonyl (C=O) groups is 2. The topological polar surface area (TPSA) is 88.5 Å². The highest BCUT2D eigenvalue weighted by molar-refractivity contribution is 5.88. The van der Waals surface area contributed by atoms with E-state index < -0.39 is 11.9 Å². The summed E-state index contributed by atoms with van der Waals surface area (Å²) in [6, 6.07) is 3.18. The van der Waals surface area contributed by atoms with Crippen LogP contribution in [0.1, 0.15) is 29.8 Å². The molecule has 1 aromatic heterocycles. The van der Waals surface area contributed by atoms with Crippen molar-refractivity contribution in [3.8, 4) is 0 Å². The molecule has 1 unspecified atom stereocenters. The molecule has 6 nitrogen and oxygen atoms in total. The molecular formula is C13H16N2O4. The number of carboxylic acid groups (broad SMARTS) is 1. The predicted molar refractivity (Wildman–Crippen MR) is 68.0 cm³/mol. The number of carboxylic acids is 1. The van der Waals surface area contributed by atoms with Crippen LogP contribution in [-0.4, -0.2) is 35.2 Å². The van der Waals surface area contributed by atoms with Crippen molar-refractivity contribution < 1.29 is 19.4 Å². The number of pyridine rings is 1. The molecule has 102 valence electrons. The average molecular weight is 264 g/mol. The van der Waals surface area contributed by atoms with Gasteiger partial charge in [-0.3, -0.25) is 4.79 Å². The highest BCUT2D eigenvalue weighted by atomic mass is 16.5. The Hall–Kier alpha value is -2.11. The first-order chi connectivity index (χ1) is 9.10. The first-order valence-corrected chi connectivity index (χ1v) is 6.13. The van der Waals surface area contributed by atoms with E-state index in [4.69, 9.17) is 5.11 Å². The molecule has 1 aliphatic rings. The highest BCUT2D eigenvalue weighted by Crippen LogP contribution is 2.35. The van der Waals surface area contributed by atoms with Crippen LogP contribution in [0.5, 0.6) is 0 Å². The normalized spacial score (nSPS) is 15.6. The van der Waals surface area contributed by atoms with Gasteiger partial charge in [0, 0.05) is 17.9 Å². The minimum absolute atomic E-state index is 0.0700. The van der Waals surface area contributed by atoms with E-state index in [9.17, 15) is 9.59 Å². The summed E-state index contributed by atoms with van der Waals surface area (Å²) in [7, 11) is 1.29. The summed E-state index contributed by atoms with van der Waals surface area (Å²) >= 11 is 0. The number of hydrogen-bond acceptors (Lipinski definition) is 5. The van der Waals surface area contributed by atoms with Gasteiger partial charge in [0.25, 0.3) is 0 Å². The van der Waals surface area contributed by atoms with Crippen molar-refractivity contribution >= 4 is 17.6 Å². The molecule has 0 aliphatic heterocycles. The van der Waals surface area contributed by atoms with Gasteiger partial charge >= 0.3 is 11.9 Å². The molecule has 1 fully saturated rings. The van der Waals surface area contributed by atoms with Crippen molar-refractivity contribution in [2.24, 2.45) is 5.92 Å². The van der Waals surface area contributed by atoms with Crippen LogP contribution in [-0.2, 0) is 9.53 Å². The third-order valence-electron chi connectivity index (χ3n) is 3.09. The van der Waals surface area contributed by atoms with Crippen molar-refractivity contribution in [1.82, 2.24) is 4.98 Å². The second-order valence-electron chi connectivity index (χ2n) is 4.61. The van der Waals surface area contributed by atoms with E-state index in [1.165, 1.54) is 13.3 Å². The van der Waals surface area contributed by atoms with E-state index >= 15 is 0 Å². The number of carbonyl (C=O) groups excluding carboxylic acids is 1. The smallest absolute Gasteiger partial charge is 0.356 e. The monoisotopic (exact) mass is 264 g/mol. The van der Waals surface area contributed by atoms with Gasteiger partial charge in [-0.15, -0.1) is 0 Å². The number of methoxy groups -OCH3 is 1. The summed E-state index contributed by atoms with van der Waals surface area (Å²) in [5.41, 5.74) is 0.894. The zero-order valence-electron chi connectivity index (χ0n) is 10.6. The average Bonchev–Trinajstić information content (AvgIpc) is 3.21. The second-order valence-corrected chi connectivity index (χ2v) is 4.61. The fraction of sp³-hybridized carbons (Fsp3) is 0.462. The van der Waals surface area contributed by atoms with Gasteiger partial charge < -0.3 is 15.2 Å². The summed E-state index contributed by atoms with van der Waals surface area (Å²) in [6.45, 7) is 0. The molecule has 1 aliphatic carbocycles. The molecule has 1 atom stereocenters. The predicted octanol–water partition coefficient (Wildman–Crippen LogP) is 1.53. The lowest BCUT2D eigenvalue weighted by atomic mass is 10.1. The number of aromatic nitrogens is 1. The van der Waals surface area contributed by atoms with Crippen molar-refractivity contribution in [3.05, 3.63) is 24.0 Å². The lowest BCUT2D eigenvalue weighted by Crippen LogP contribution is -2.25. The summed E-state index contributed by atoms with van der Waals surface area (Å²) in [6.07, 6.45) is 3.65. The van der Waals surface area contributed by atoms with Gasteiger partial charge in [0.15, 0.2) is 0 Å². The Balaban J connectivity index is 2.08. The van der Waals surface area contributed by atoms with Gasteiger partial charge in [-0.05, 0) is 30.9 Å². The summed E-state index contributed by atoms with van der Waals surface area (Å²) in [5.74, 6) is -0.942. The number of anilines is 1. The Kier molecular flexibility index (Phi) is 3.99. The molecule has 6 heteroatoms. The Morgan fingerprint density at radius 1 is 1.58 bits per heavy atom. The van der Waals surface area contributed by atoms with Crippen LogP contribution in [0, 0.1) is 5.92 Å². The SMILES string of the molecule is COC(=O)c1cc(NC(CC(=O)O)C2CC2)ccn1. The first kappa shape index (κ1) is 13.3. The number of aliphatic carboxylic acids is 1. The van der Waals surface area contributed by atoms with Crippen LogP contribution in [0.3, 0.4) is 0 Å². The number of nitrogens with zero attached hydrogens (tertiary/aromatic N) is 1. The Morgan fingerprint density at radius 3 is 2.89 bits per heavy atom. The minimum Gasteiger partial charge on any atom is -0.481 e. The van der Waals surface area contributed by atoms with E-state index in [-0.39, 0.29) is 18.2 Å². The van der Waals surface area contributed by atoms with Crippen molar-refractivity contribution in [1.29, 1.82) is 0 Å². The molecule has 2 N–H and O–H groups in total. The maximum Gasteiger partial charge on any atom is 0.356 e. The summed E-state index contributed by atoms with van der Waals surface area (Å²) < 4.78 is 4.60. The van der Waals surface area contributed by atoms with Crippen LogP contribution in [0.15, 0.2) is 18.3 Å². The van der Waals surface area contributed by atoms with Crippen LogP contribution < -0.4 is 5.32 Å². The Labute approximate surface area is 110 Å². The Morgan fingerprint density at radius 2 is 2.32 bits per heavy atom. The van der Waals surface area contributed by atoms with Gasteiger partial charge in [0.2, 0.25) is 0 Å². The fourth-order valence-electron chi connectivity index (χ4n) is 1.97. The highest BCUT2D eigenvalue weighted by Gasteiger charge is 2.32. The van der Waals surface area contributed by atoms with Crippen molar-refractivity contribution in [3.63, 3.8) is 0 Å². The van der Waals surface area contributed by atoms with Crippen LogP contribution in [0.25, 0.3) is 0 Å². The van der Waals surface area contributed by atoms with Gasteiger partial charge in [0.05, 0.1) is 13.5 Å². The lowest BCUT2D eigenvalue weighted by molar-refractivity contribution is -0.137. The lowest BCUT2D eigenvalue weighted by Gasteiger charge is -2.17. The molecule has 1 aromatic rings. The molecule has 0 amide bonds. The van der Waals surface area contributed by atoms with Crippen LogP contribution >= 0.6 is 0 Å². The third-order valence-corrected chi connectivity index (χ3v) is 3.09. The van der Waals surface area contributed by atoms with E-state index in [0.717, 1.165) is 12.8 Å². The van der Waals surface area contributed by atoms with Gasteiger partial charge in [0.1, 0.15) is 5.69 Å². The maximum atomic E-state index is 11.4. The largest absolute Gasteiger partial charge is 0.481 e. The Bertz CT molecular complexity index is 485. The quantitative estimate of drug-likeness (QED) is 0.757. The molecule has 0 saturated heterocycles. The van der Waals surface area contributed by atoms with Gasteiger partial charge in [-0.2, -0.15) is 0 Å². The van der Waals surface area contributed by atoms with Crippen LogP contribution in [0.4, 0.5) is 5.69 Å². The molecule has 1 heterocycles. The number of ether oxygens (including phenoxy) is 1. The fourth-order valence-corrected chi connectivity index (χ4v) is 1.97.